The van der Waals surface area contributed by atoms with Crippen LogP contribution in [0.25, 0.3) is 32.3 Å². The molecule has 0 N–H and O–H groups in total. The van der Waals surface area contributed by atoms with Gasteiger partial charge in [0.05, 0.1) is 0 Å². The Morgan fingerprint density at radius 3 is 1.69 bits per heavy atom. The van der Waals surface area contributed by atoms with Crippen LogP contribution in [-0.2, 0) is 0 Å². The number of hydrogen-bond donors (Lipinski definition) is 0. The van der Waals surface area contributed by atoms with E-state index in [0.29, 0.717) is 0 Å². The van der Waals surface area contributed by atoms with Gasteiger partial charge in [0.2, 0.25) is 0 Å². The van der Waals surface area contributed by atoms with Crippen molar-refractivity contribution in [3.63, 3.8) is 0 Å². The predicted molar refractivity (Wildman–Crippen MR) is 69.0 cm³/mol. The zero-order valence-corrected chi connectivity index (χ0v) is 8.70. The highest BCUT2D eigenvalue weighted by Crippen LogP contribution is 2.33. The third-order valence-corrected chi connectivity index (χ3v) is 3.32. The molecule has 0 heteroatoms. The van der Waals surface area contributed by atoms with Crippen molar-refractivity contribution in [2.24, 2.45) is 0 Å². The largest absolute Gasteiger partial charge is 0.0610 e. The summed E-state index contributed by atoms with van der Waals surface area (Å²) in [7, 11) is 0. The smallest absolute Gasteiger partial charge is 0.00264 e. The Bertz CT molecular complexity index is 667. The lowest BCUT2D eigenvalue weighted by Crippen LogP contribution is -1.82. The summed E-state index contributed by atoms with van der Waals surface area (Å²) < 4.78 is 0. The van der Waals surface area contributed by atoms with Gasteiger partial charge in [-0.25, -0.2) is 0 Å². The molecule has 0 amide bonds. The molecule has 0 spiro atoms. The molecule has 0 nitrogen and oxygen atoms in total. The number of benzene rings is 4. The second kappa shape index (κ2) is 2.73. The second-order valence-electron chi connectivity index (χ2n) is 4.22. The van der Waals surface area contributed by atoms with Gasteiger partial charge in [-0.3, -0.25) is 0 Å². The normalized spacial score (nSPS) is 11.8. The topological polar surface area (TPSA) is 0 Å². The quantitative estimate of drug-likeness (QED) is 0.370. The molecule has 0 saturated carbocycles. The van der Waals surface area contributed by atoms with Crippen molar-refractivity contribution in [1.82, 2.24) is 0 Å². The van der Waals surface area contributed by atoms with Gasteiger partial charge in [-0.15, -0.1) is 0 Å². The average Bonchev–Trinajstić information content (AvgIpc) is 2.36. The van der Waals surface area contributed by atoms with Crippen LogP contribution in [0.5, 0.6) is 0 Å². The van der Waals surface area contributed by atoms with Crippen LogP contribution in [0.1, 0.15) is 0 Å². The summed E-state index contributed by atoms with van der Waals surface area (Å²) in [5.74, 6) is 0. The molecule has 16 heavy (non-hydrogen) atoms. The lowest BCUT2D eigenvalue weighted by Gasteiger charge is -2.09. The van der Waals surface area contributed by atoms with Gasteiger partial charge in [0.25, 0.3) is 0 Å². The van der Waals surface area contributed by atoms with Gasteiger partial charge in [-0.2, -0.15) is 0 Å². The minimum absolute atomic E-state index is 1.28. The maximum atomic E-state index is 3.20. The van der Waals surface area contributed by atoms with E-state index in [9.17, 15) is 0 Å². The van der Waals surface area contributed by atoms with Crippen molar-refractivity contribution in [3.8, 4) is 0 Å². The third-order valence-electron chi connectivity index (χ3n) is 3.32. The van der Waals surface area contributed by atoms with Crippen LogP contribution < -0.4 is 0 Å². The van der Waals surface area contributed by atoms with Gasteiger partial charge in [0.1, 0.15) is 0 Å². The van der Waals surface area contributed by atoms with Crippen LogP contribution in [-0.4, -0.2) is 0 Å². The first-order chi connectivity index (χ1) is 7.93. The maximum absolute atomic E-state index is 3.20. The van der Waals surface area contributed by atoms with Crippen LogP contribution in [0.4, 0.5) is 0 Å². The van der Waals surface area contributed by atoms with Gasteiger partial charge in [-0.05, 0) is 50.5 Å². The maximum Gasteiger partial charge on any atom is -0.00264 e. The van der Waals surface area contributed by atoms with E-state index < -0.39 is 0 Å². The molecule has 0 saturated heterocycles. The molecular weight excluding hydrogens is 192 g/mol. The minimum Gasteiger partial charge on any atom is -0.0610 e. The molecule has 0 aliphatic heterocycles. The van der Waals surface area contributed by atoms with Crippen molar-refractivity contribution in [1.29, 1.82) is 0 Å². The monoisotopic (exact) mass is 201 g/mol. The Morgan fingerprint density at radius 1 is 0.562 bits per heavy atom. The molecule has 1 radical (unpaired) electrons. The first kappa shape index (κ1) is 8.12. The molecule has 4 aromatic rings. The summed E-state index contributed by atoms with van der Waals surface area (Å²) in [4.78, 5) is 0. The lowest BCUT2D eigenvalue weighted by atomic mass is 9.95. The van der Waals surface area contributed by atoms with Gasteiger partial charge in [0, 0.05) is 0 Å². The molecule has 0 atom stereocenters. The van der Waals surface area contributed by atoms with Crippen molar-refractivity contribution >= 4 is 32.3 Å². The lowest BCUT2D eigenvalue weighted by molar-refractivity contribution is 1.77. The van der Waals surface area contributed by atoms with Crippen molar-refractivity contribution < 1.29 is 0 Å². The number of hydrogen-bond acceptors (Lipinski definition) is 0. The van der Waals surface area contributed by atoms with Crippen molar-refractivity contribution in [2.75, 3.05) is 0 Å². The fraction of sp³-hybridized carbons (Fsp3) is 0. The SMILES string of the molecule is [c]1cc2ccc3cccc4ccc(c1)c2c34. The highest BCUT2D eigenvalue weighted by Gasteiger charge is 2.06. The first-order valence-electron chi connectivity index (χ1n) is 5.47. The zero-order valence-electron chi connectivity index (χ0n) is 8.70. The van der Waals surface area contributed by atoms with E-state index in [1.54, 1.807) is 0 Å². The molecule has 0 bridgehead atoms. The Hall–Kier alpha value is -2.08. The summed E-state index contributed by atoms with van der Waals surface area (Å²) in [6, 6.07) is 22.5. The van der Waals surface area contributed by atoms with E-state index in [-0.39, 0.29) is 0 Å². The van der Waals surface area contributed by atoms with E-state index in [1.165, 1.54) is 32.3 Å². The fourth-order valence-electron chi connectivity index (χ4n) is 2.60. The van der Waals surface area contributed by atoms with Gasteiger partial charge >= 0.3 is 0 Å². The van der Waals surface area contributed by atoms with Crippen LogP contribution in [0.3, 0.4) is 0 Å². The molecule has 0 unspecified atom stereocenters. The first-order valence-corrected chi connectivity index (χ1v) is 5.47. The van der Waals surface area contributed by atoms with E-state index in [4.69, 9.17) is 0 Å². The molecule has 0 aromatic heterocycles. The Kier molecular flexibility index (Phi) is 1.39. The molecule has 0 heterocycles. The van der Waals surface area contributed by atoms with E-state index in [1.807, 2.05) is 0 Å². The molecule has 73 valence electrons. The fourth-order valence-corrected chi connectivity index (χ4v) is 2.60. The van der Waals surface area contributed by atoms with E-state index in [2.05, 4.69) is 60.7 Å². The standard InChI is InChI=1S/C16H9/c1-3-11-7-9-13-5-2-6-14-10-8-12(4-1)15(11)16(13)14/h1,3-10H. The Morgan fingerprint density at radius 2 is 1.06 bits per heavy atom. The molecule has 0 fully saturated rings. The van der Waals surface area contributed by atoms with Crippen LogP contribution in [0, 0.1) is 6.07 Å². The van der Waals surface area contributed by atoms with Crippen LogP contribution in [0.15, 0.2) is 54.6 Å². The Balaban J connectivity index is 2.51. The van der Waals surface area contributed by atoms with E-state index in [0.717, 1.165) is 0 Å². The van der Waals surface area contributed by atoms with Gasteiger partial charge in [0.15, 0.2) is 0 Å². The van der Waals surface area contributed by atoms with Gasteiger partial charge in [-0.1, -0.05) is 42.5 Å². The zero-order chi connectivity index (χ0) is 10.5. The van der Waals surface area contributed by atoms with Crippen LogP contribution >= 0.6 is 0 Å². The van der Waals surface area contributed by atoms with E-state index >= 15 is 0 Å². The van der Waals surface area contributed by atoms with Crippen molar-refractivity contribution in [3.05, 3.63) is 60.7 Å². The highest BCUT2D eigenvalue weighted by atomic mass is 14.1. The average molecular weight is 201 g/mol. The Labute approximate surface area is 93.5 Å². The molecule has 4 aromatic carbocycles. The molecule has 4 rings (SSSR count). The summed E-state index contributed by atoms with van der Waals surface area (Å²) in [6.07, 6.45) is 0. The minimum atomic E-state index is 1.28. The summed E-state index contributed by atoms with van der Waals surface area (Å²) in [6.45, 7) is 0. The summed E-state index contributed by atoms with van der Waals surface area (Å²) in [5.41, 5.74) is 0. The predicted octanol–water partition coefficient (Wildman–Crippen LogP) is 4.38. The van der Waals surface area contributed by atoms with Crippen molar-refractivity contribution in [2.45, 2.75) is 0 Å². The van der Waals surface area contributed by atoms with Gasteiger partial charge < -0.3 is 0 Å². The summed E-state index contributed by atoms with van der Waals surface area (Å²) >= 11 is 0. The number of rotatable bonds is 0. The highest BCUT2D eigenvalue weighted by molar-refractivity contribution is 6.22. The third kappa shape index (κ3) is 0.892. The molecular formula is C16H9. The van der Waals surface area contributed by atoms with Crippen LogP contribution in [0.2, 0.25) is 0 Å². The second-order valence-corrected chi connectivity index (χ2v) is 4.22. The summed E-state index contributed by atoms with van der Waals surface area (Å²) in [5, 5.41) is 7.95. The molecule has 0 aliphatic rings. The molecule has 0 aliphatic carbocycles.